The molecule has 1 fully saturated rings. The predicted octanol–water partition coefficient (Wildman–Crippen LogP) is 2.60. The van der Waals surface area contributed by atoms with E-state index in [4.69, 9.17) is 11.6 Å². The summed E-state index contributed by atoms with van der Waals surface area (Å²) in [7, 11) is 0. The van der Waals surface area contributed by atoms with Crippen molar-refractivity contribution in [2.75, 3.05) is 6.54 Å². The van der Waals surface area contributed by atoms with Crippen molar-refractivity contribution in [1.82, 2.24) is 19.9 Å². The molecule has 1 aliphatic heterocycles. The summed E-state index contributed by atoms with van der Waals surface area (Å²) in [5, 5.41) is 18.9. The lowest BCUT2D eigenvalue weighted by Gasteiger charge is -2.25. The van der Waals surface area contributed by atoms with E-state index in [9.17, 15) is 9.90 Å². The van der Waals surface area contributed by atoms with Crippen LogP contribution >= 0.6 is 11.6 Å². The van der Waals surface area contributed by atoms with E-state index in [1.165, 1.54) is 4.80 Å². The number of carbonyl (C=O) groups is 1. The molecule has 0 saturated carbocycles. The first-order valence-electron chi connectivity index (χ1n) is 8.14. The number of likely N-dealkylation sites (tertiary alicyclic amines) is 1. The second-order valence-electron chi connectivity index (χ2n) is 6.28. The quantitative estimate of drug-likeness (QED) is 0.921. The summed E-state index contributed by atoms with van der Waals surface area (Å²) in [6, 6.07) is 7.25. The SMILES string of the molecule is Cc1nn(-c2cccc(Cl)c2)nc1C(=O)N1CCCC1CC(C)O. The largest absolute Gasteiger partial charge is 0.393 e. The van der Waals surface area contributed by atoms with Crippen molar-refractivity contribution < 1.29 is 9.90 Å². The Kier molecular flexibility index (Phi) is 4.87. The normalized spacial score (nSPS) is 18.8. The number of nitrogens with zero attached hydrogens (tertiary/aromatic N) is 4. The Balaban J connectivity index is 1.85. The number of aliphatic hydroxyl groups excluding tert-OH is 1. The second kappa shape index (κ2) is 6.91. The summed E-state index contributed by atoms with van der Waals surface area (Å²) in [6.07, 6.45) is 2.03. The molecule has 1 N–H and O–H groups in total. The van der Waals surface area contributed by atoms with Gasteiger partial charge in [-0.05, 0) is 51.3 Å². The number of halogens is 1. The Morgan fingerprint density at radius 2 is 2.25 bits per heavy atom. The van der Waals surface area contributed by atoms with Crippen LogP contribution in [-0.4, -0.2) is 49.6 Å². The van der Waals surface area contributed by atoms with Crippen molar-refractivity contribution >= 4 is 17.5 Å². The van der Waals surface area contributed by atoms with Gasteiger partial charge in [-0.25, -0.2) is 0 Å². The molecule has 1 aromatic heterocycles. The maximum Gasteiger partial charge on any atom is 0.276 e. The maximum absolute atomic E-state index is 12.9. The van der Waals surface area contributed by atoms with Gasteiger partial charge in [-0.2, -0.15) is 9.90 Å². The Bertz CT molecular complexity index is 744. The minimum Gasteiger partial charge on any atom is -0.393 e. The fourth-order valence-corrected chi connectivity index (χ4v) is 3.35. The van der Waals surface area contributed by atoms with Crippen LogP contribution in [0.2, 0.25) is 5.02 Å². The molecule has 2 unspecified atom stereocenters. The molecule has 0 aliphatic carbocycles. The van der Waals surface area contributed by atoms with Gasteiger partial charge in [0.25, 0.3) is 5.91 Å². The standard InChI is InChI=1S/C17H21ClN4O2/c1-11(23)9-14-7-4-8-21(14)17(24)16-12(2)19-22(20-16)15-6-3-5-13(18)10-15/h3,5-6,10-11,14,23H,4,7-9H2,1-2H3. The van der Waals surface area contributed by atoms with Gasteiger partial charge in [-0.1, -0.05) is 17.7 Å². The zero-order valence-electron chi connectivity index (χ0n) is 13.8. The van der Waals surface area contributed by atoms with E-state index in [1.807, 2.05) is 17.0 Å². The lowest BCUT2D eigenvalue weighted by atomic mass is 10.1. The average molecular weight is 349 g/mol. The summed E-state index contributed by atoms with van der Waals surface area (Å²) in [5.74, 6) is -0.121. The van der Waals surface area contributed by atoms with Crippen molar-refractivity contribution in [1.29, 1.82) is 0 Å². The van der Waals surface area contributed by atoms with E-state index in [0.29, 0.717) is 35.1 Å². The van der Waals surface area contributed by atoms with Crippen LogP contribution in [-0.2, 0) is 0 Å². The van der Waals surface area contributed by atoms with Crippen molar-refractivity contribution in [2.45, 2.75) is 45.3 Å². The molecule has 0 spiro atoms. The highest BCUT2D eigenvalue weighted by Crippen LogP contribution is 2.24. The van der Waals surface area contributed by atoms with E-state index in [2.05, 4.69) is 10.2 Å². The number of aromatic nitrogens is 3. The summed E-state index contributed by atoms with van der Waals surface area (Å²) in [5.41, 5.74) is 1.65. The van der Waals surface area contributed by atoms with Gasteiger partial charge in [-0.15, -0.1) is 5.10 Å². The van der Waals surface area contributed by atoms with Crippen LogP contribution in [0.3, 0.4) is 0 Å². The average Bonchev–Trinajstić information content (AvgIpc) is 3.13. The summed E-state index contributed by atoms with van der Waals surface area (Å²) in [4.78, 5) is 16.1. The minimum atomic E-state index is -0.424. The van der Waals surface area contributed by atoms with Crippen LogP contribution in [0, 0.1) is 6.92 Å². The Labute approximate surface area is 146 Å². The number of aliphatic hydroxyl groups is 1. The van der Waals surface area contributed by atoms with Crippen LogP contribution in [0.4, 0.5) is 0 Å². The highest BCUT2D eigenvalue weighted by atomic mass is 35.5. The van der Waals surface area contributed by atoms with Crippen molar-refractivity contribution in [3.63, 3.8) is 0 Å². The molecule has 6 nitrogen and oxygen atoms in total. The van der Waals surface area contributed by atoms with Crippen LogP contribution in [0.5, 0.6) is 0 Å². The Morgan fingerprint density at radius 1 is 1.46 bits per heavy atom. The lowest BCUT2D eigenvalue weighted by Crippen LogP contribution is -2.37. The van der Waals surface area contributed by atoms with E-state index in [1.54, 1.807) is 26.0 Å². The fraction of sp³-hybridized carbons (Fsp3) is 0.471. The number of hydrogen-bond acceptors (Lipinski definition) is 4. The second-order valence-corrected chi connectivity index (χ2v) is 6.72. The number of hydrogen-bond donors (Lipinski definition) is 1. The highest BCUT2D eigenvalue weighted by molar-refractivity contribution is 6.30. The van der Waals surface area contributed by atoms with E-state index >= 15 is 0 Å². The molecule has 0 radical (unpaired) electrons. The molecule has 0 bridgehead atoms. The van der Waals surface area contributed by atoms with Crippen LogP contribution in [0.1, 0.15) is 42.4 Å². The van der Waals surface area contributed by atoms with Gasteiger partial charge >= 0.3 is 0 Å². The number of benzene rings is 1. The smallest absolute Gasteiger partial charge is 0.276 e. The fourth-order valence-electron chi connectivity index (χ4n) is 3.17. The molecule has 1 saturated heterocycles. The maximum atomic E-state index is 12.9. The van der Waals surface area contributed by atoms with Gasteiger partial charge in [0.1, 0.15) is 0 Å². The van der Waals surface area contributed by atoms with Crippen molar-refractivity contribution in [3.05, 3.63) is 40.7 Å². The van der Waals surface area contributed by atoms with Gasteiger partial charge in [0.2, 0.25) is 0 Å². The van der Waals surface area contributed by atoms with E-state index in [-0.39, 0.29) is 11.9 Å². The molecule has 1 aromatic carbocycles. The zero-order valence-corrected chi connectivity index (χ0v) is 14.6. The minimum absolute atomic E-state index is 0.0632. The molecule has 3 rings (SSSR count). The zero-order chi connectivity index (χ0) is 17.3. The summed E-state index contributed by atoms with van der Waals surface area (Å²) < 4.78 is 0. The number of aryl methyl sites for hydroxylation is 1. The molecule has 2 heterocycles. The van der Waals surface area contributed by atoms with Crippen molar-refractivity contribution in [2.24, 2.45) is 0 Å². The third-order valence-corrected chi connectivity index (χ3v) is 4.51. The van der Waals surface area contributed by atoms with E-state index < -0.39 is 6.10 Å². The summed E-state index contributed by atoms with van der Waals surface area (Å²) in [6.45, 7) is 4.22. The molecule has 7 heteroatoms. The molecule has 128 valence electrons. The molecular formula is C17H21ClN4O2. The first-order valence-corrected chi connectivity index (χ1v) is 8.52. The van der Waals surface area contributed by atoms with E-state index in [0.717, 1.165) is 12.8 Å². The number of amides is 1. The molecule has 24 heavy (non-hydrogen) atoms. The Hall–Kier alpha value is -1.92. The first kappa shape index (κ1) is 16.9. The summed E-state index contributed by atoms with van der Waals surface area (Å²) >= 11 is 6.01. The number of carbonyl (C=O) groups excluding carboxylic acids is 1. The first-order chi connectivity index (χ1) is 11.5. The molecule has 1 amide bonds. The topological polar surface area (TPSA) is 71.2 Å². The van der Waals surface area contributed by atoms with Crippen LogP contribution in [0.15, 0.2) is 24.3 Å². The predicted molar refractivity (Wildman–Crippen MR) is 91.5 cm³/mol. The van der Waals surface area contributed by atoms with Crippen molar-refractivity contribution in [3.8, 4) is 5.69 Å². The highest BCUT2D eigenvalue weighted by Gasteiger charge is 2.32. The number of rotatable bonds is 4. The van der Waals surface area contributed by atoms with Gasteiger partial charge in [0.15, 0.2) is 5.69 Å². The van der Waals surface area contributed by atoms with Gasteiger partial charge in [0, 0.05) is 17.6 Å². The molecular weight excluding hydrogens is 328 g/mol. The third-order valence-electron chi connectivity index (χ3n) is 4.28. The molecule has 1 aliphatic rings. The monoisotopic (exact) mass is 348 g/mol. The lowest BCUT2D eigenvalue weighted by molar-refractivity contribution is 0.0675. The Morgan fingerprint density at radius 3 is 2.96 bits per heavy atom. The third kappa shape index (κ3) is 3.44. The van der Waals surface area contributed by atoms with Crippen LogP contribution in [0.25, 0.3) is 5.69 Å². The molecule has 2 atom stereocenters. The van der Waals surface area contributed by atoms with Gasteiger partial charge in [0.05, 0.1) is 17.5 Å². The van der Waals surface area contributed by atoms with Gasteiger partial charge in [-0.3, -0.25) is 4.79 Å². The van der Waals surface area contributed by atoms with Gasteiger partial charge < -0.3 is 10.0 Å². The molecule has 2 aromatic rings. The van der Waals surface area contributed by atoms with Crippen LogP contribution < -0.4 is 0 Å².